The van der Waals surface area contributed by atoms with Crippen molar-refractivity contribution >= 4 is 32.9 Å². The van der Waals surface area contributed by atoms with Gasteiger partial charge in [0.1, 0.15) is 11.7 Å². The largest absolute Gasteiger partial charge is 0.492 e. The zero-order chi connectivity index (χ0) is 12.9. The minimum absolute atomic E-state index is 0.174. The lowest BCUT2D eigenvalue weighted by Crippen LogP contribution is -1.96. The highest BCUT2D eigenvalue weighted by Crippen LogP contribution is 2.43. The molecular weight excluding hydrogens is 300 g/mol. The van der Waals surface area contributed by atoms with Gasteiger partial charge in [-0.3, -0.25) is 0 Å². The van der Waals surface area contributed by atoms with Crippen LogP contribution in [-0.4, -0.2) is 13.1 Å². The summed E-state index contributed by atoms with van der Waals surface area (Å²) >= 11 is 3.29. The Morgan fingerprint density at radius 2 is 2.22 bits per heavy atom. The SMILES string of the molecule is CCC1OC(=O)c2c1ccc1c(OC)c(Br)oc21. The van der Waals surface area contributed by atoms with Crippen molar-refractivity contribution in [3.8, 4) is 5.75 Å². The van der Waals surface area contributed by atoms with Crippen LogP contribution in [0.1, 0.15) is 35.4 Å². The molecule has 1 atom stereocenters. The molecule has 2 heterocycles. The maximum absolute atomic E-state index is 11.9. The van der Waals surface area contributed by atoms with Gasteiger partial charge in [0.25, 0.3) is 0 Å². The fourth-order valence-electron chi connectivity index (χ4n) is 2.35. The lowest BCUT2D eigenvalue weighted by atomic mass is 10.0. The number of halogens is 1. The molecule has 1 aliphatic rings. The third kappa shape index (κ3) is 1.40. The van der Waals surface area contributed by atoms with Crippen molar-refractivity contribution in [2.45, 2.75) is 19.4 Å². The van der Waals surface area contributed by atoms with Crippen LogP contribution >= 0.6 is 15.9 Å². The first-order chi connectivity index (χ1) is 8.67. The van der Waals surface area contributed by atoms with Crippen molar-refractivity contribution in [1.82, 2.24) is 0 Å². The molecule has 0 radical (unpaired) electrons. The van der Waals surface area contributed by atoms with Gasteiger partial charge in [0.15, 0.2) is 11.3 Å². The zero-order valence-electron chi connectivity index (χ0n) is 9.95. The summed E-state index contributed by atoms with van der Waals surface area (Å²) in [5.74, 6) is 0.270. The summed E-state index contributed by atoms with van der Waals surface area (Å²) in [6, 6.07) is 3.80. The number of carbonyl (C=O) groups excluding carboxylic acids is 1. The van der Waals surface area contributed by atoms with E-state index < -0.39 is 0 Å². The molecule has 0 fully saturated rings. The van der Waals surface area contributed by atoms with Gasteiger partial charge in [0.2, 0.25) is 4.67 Å². The standard InChI is InChI=1S/C13H11BrO4/c1-3-8-6-4-5-7-10(9(6)13(15)17-8)18-12(14)11(7)16-2/h4-5,8H,3H2,1-2H3. The van der Waals surface area contributed by atoms with E-state index in [1.165, 1.54) is 0 Å². The van der Waals surface area contributed by atoms with Crippen molar-refractivity contribution in [3.63, 3.8) is 0 Å². The highest BCUT2D eigenvalue weighted by Gasteiger charge is 2.34. The molecule has 5 heteroatoms. The van der Waals surface area contributed by atoms with Crippen LogP contribution in [0.4, 0.5) is 0 Å². The fourth-order valence-corrected chi connectivity index (χ4v) is 2.89. The first kappa shape index (κ1) is 11.6. The Kier molecular flexibility index (Phi) is 2.59. The number of furan rings is 1. The Morgan fingerprint density at radius 3 is 2.89 bits per heavy atom. The highest BCUT2D eigenvalue weighted by atomic mass is 79.9. The molecule has 2 aromatic rings. The van der Waals surface area contributed by atoms with Gasteiger partial charge in [-0.15, -0.1) is 0 Å². The number of benzene rings is 1. The lowest BCUT2D eigenvalue weighted by Gasteiger charge is -2.05. The molecule has 0 bridgehead atoms. The number of esters is 1. The number of cyclic esters (lactones) is 1. The molecule has 94 valence electrons. The van der Waals surface area contributed by atoms with Crippen LogP contribution in [0.15, 0.2) is 21.2 Å². The van der Waals surface area contributed by atoms with Gasteiger partial charge in [0.05, 0.1) is 12.5 Å². The minimum Gasteiger partial charge on any atom is -0.492 e. The average Bonchev–Trinajstić information content (AvgIpc) is 2.85. The second-order valence-corrected chi connectivity index (χ2v) is 4.84. The van der Waals surface area contributed by atoms with Gasteiger partial charge in [-0.25, -0.2) is 4.79 Å². The van der Waals surface area contributed by atoms with Crippen LogP contribution in [0.3, 0.4) is 0 Å². The zero-order valence-corrected chi connectivity index (χ0v) is 11.5. The van der Waals surface area contributed by atoms with E-state index in [1.54, 1.807) is 7.11 Å². The first-order valence-electron chi connectivity index (χ1n) is 5.67. The van der Waals surface area contributed by atoms with Crippen molar-refractivity contribution in [2.24, 2.45) is 0 Å². The van der Waals surface area contributed by atoms with E-state index in [0.29, 0.717) is 21.6 Å². The summed E-state index contributed by atoms with van der Waals surface area (Å²) in [4.78, 5) is 11.9. The summed E-state index contributed by atoms with van der Waals surface area (Å²) in [6.45, 7) is 1.98. The molecule has 3 rings (SSSR count). The third-order valence-electron chi connectivity index (χ3n) is 3.18. The Labute approximate surface area is 112 Å². The third-order valence-corrected chi connectivity index (χ3v) is 3.70. The monoisotopic (exact) mass is 310 g/mol. The smallest absolute Gasteiger partial charge is 0.343 e. The van der Waals surface area contributed by atoms with Crippen LogP contribution in [0.25, 0.3) is 11.0 Å². The van der Waals surface area contributed by atoms with Crippen LogP contribution in [0.5, 0.6) is 5.75 Å². The lowest BCUT2D eigenvalue weighted by molar-refractivity contribution is 0.0379. The molecule has 1 unspecified atom stereocenters. The Bertz CT molecular complexity index is 644. The molecule has 0 aliphatic carbocycles. The summed E-state index contributed by atoms with van der Waals surface area (Å²) in [5, 5.41) is 0.775. The van der Waals surface area contributed by atoms with E-state index in [2.05, 4.69) is 15.9 Å². The van der Waals surface area contributed by atoms with Gasteiger partial charge in [-0.2, -0.15) is 0 Å². The molecule has 18 heavy (non-hydrogen) atoms. The quantitative estimate of drug-likeness (QED) is 0.791. The van der Waals surface area contributed by atoms with E-state index in [1.807, 2.05) is 19.1 Å². The molecule has 0 saturated heterocycles. The van der Waals surface area contributed by atoms with Gasteiger partial charge < -0.3 is 13.9 Å². The molecule has 0 saturated carbocycles. The summed E-state index contributed by atoms with van der Waals surface area (Å²) in [6.07, 6.45) is 0.579. The number of methoxy groups -OCH3 is 1. The summed E-state index contributed by atoms with van der Waals surface area (Å²) in [5.41, 5.74) is 1.93. The molecular formula is C13H11BrO4. The number of carbonyl (C=O) groups is 1. The molecule has 0 N–H and O–H groups in total. The van der Waals surface area contributed by atoms with Gasteiger partial charge in [-0.05, 0) is 28.4 Å². The van der Waals surface area contributed by atoms with E-state index in [-0.39, 0.29) is 12.1 Å². The maximum atomic E-state index is 11.9. The number of rotatable bonds is 2. The fraction of sp³-hybridized carbons (Fsp3) is 0.308. The first-order valence-corrected chi connectivity index (χ1v) is 6.46. The number of hydrogen-bond acceptors (Lipinski definition) is 4. The Morgan fingerprint density at radius 1 is 1.44 bits per heavy atom. The highest BCUT2D eigenvalue weighted by molar-refractivity contribution is 9.10. The van der Waals surface area contributed by atoms with Crippen molar-refractivity contribution in [1.29, 1.82) is 0 Å². The molecule has 0 amide bonds. The van der Waals surface area contributed by atoms with Crippen LogP contribution in [0.2, 0.25) is 0 Å². The number of fused-ring (bicyclic) bond motifs is 3. The van der Waals surface area contributed by atoms with Crippen LogP contribution in [-0.2, 0) is 4.74 Å². The van der Waals surface area contributed by atoms with Gasteiger partial charge in [-0.1, -0.05) is 13.0 Å². The van der Waals surface area contributed by atoms with E-state index >= 15 is 0 Å². The molecule has 4 nitrogen and oxygen atoms in total. The van der Waals surface area contributed by atoms with E-state index in [0.717, 1.165) is 17.4 Å². The minimum atomic E-state index is -0.327. The van der Waals surface area contributed by atoms with Crippen molar-refractivity contribution < 1.29 is 18.7 Å². The predicted octanol–water partition coefficient (Wildman–Crippen LogP) is 3.83. The predicted molar refractivity (Wildman–Crippen MR) is 68.9 cm³/mol. The summed E-state index contributed by atoms with van der Waals surface area (Å²) in [7, 11) is 1.56. The van der Waals surface area contributed by atoms with Crippen molar-refractivity contribution in [2.75, 3.05) is 7.11 Å². The summed E-state index contributed by atoms with van der Waals surface area (Å²) < 4.78 is 16.6. The molecule has 1 aromatic carbocycles. The Balaban J connectivity index is 2.34. The maximum Gasteiger partial charge on any atom is 0.343 e. The van der Waals surface area contributed by atoms with Crippen molar-refractivity contribution in [3.05, 3.63) is 27.9 Å². The van der Waals surface area contributed by atoms with Crippen LogP contribution < -0.4 is 4.74 Å². The number of ether oxygens (including phenoxy) is 2. The normalized spacial score (nSPS) is 17.9. The van der Waals surface area contributed by atoms with Gasteiger partial charge >= 0.3 is 5.97 Å². The number of hydrogen-bond donors (Lipinski definition) is 0. The van der Waals surface area contributed by atoms with Crippen LogP contribution in [0, 0.1) is 0 Å². The van der Waals surface area contributed by atoms with E-state index in [4.69, 9.17) is 13.9 Å². The second kappa shape index (κ2) is 4.02. The topological polar surface area (TPSA) is 48.7 Å². The molecule has 1 aromatic heterocycles. The average molecular weight is 311 g/mol. The van der Waals surface area contributed by atoms with E-state index in [9.17, 15) is 4.79 Å². The molecule has 0 spiro atoms. The second-order valence-electron chi connectivity index (χ2n) is 4.12. The molecule has 1 aliphatic heterocycles. The Hall–Kier alpha value is -1.49. The van der Waals surface area contributed by atoms with Gasteiger partial charge in [0, 0.05) is 5.56 Å².